The van der Waals surface area contributed by atoms with Crippen molar-refractivity contribution in [1.82, 2.24) is 15.0 Å². The molecular weight excluding hydrogens is 420 g/mol. The smallest absolute Gasteiger partial charge is 0.259 e. The topological polar surface area (TPSA) is 109 Å². The van der Waals surface area contributed by atoms with Crippen LogP contribution in [0, 0.1) is 0 Å². The summed E-state index contributed by atoms with van der Waals surface area (Å²) in [4.78, 5) is 41.1. The van der Waals surface area contributed by atoms with E-state index in [9.17, 15) is 9.59 Å². The lowest BCUT2D eigenvalue weighted by Crippen LogP contribution is -2.37. The lowest BCUT2D eigenvalue weighted by atomic mass is 9.86. The summed E-state index contributed by atoms with van der Waals surface area (Å²) in [6, 6.07) is 10.9. The maximum atomic E-state index is 13.3. The number of nitrogens with one attached hydrogen (secondary N) is 2. The van der Waals surface area contributed by atoms with Gasteiger partial charge in [0.1, 0.15) is 5.69 Å². The maximum absolute atomic E-state index is 13.3. The summed E-state index contributed by atoms with van der Waals surface area (Å²) in [5.41, 5.74) is 2.89. The molecule has 2 aromatic heterocycles. The Kier molecular flexibility index (Phi) is 5.26. The quantitative estimate of drug-likeness (QED) is 0.637. The summed E-state index contributed by atoms with van der Waals surface area (Å²) in [6.07, 6.45) is 3.21. The molecule has 9 heteroatoms. The molecule has 1 fully saturated rings. The first-order valence-electron chi connectivity index (χ1n) is 10.8. The molecule has 1 saturated heterocycles. The molecule has 168 valence electrons. The van der Waals surface area contributed by atoms with Crippen LogP contribution in [0.2, 0.25) is 0 Å². The zero-order valence-corrected chi connectivity index (χ0v) is 18.5. The van der Waals surface area contributed by atoms with Gasteiger partial charge in [-0.1, -0.05) is 6.07 Å². The van der Waals surface area contributed by atoms with Crippen molar-refractivity contribution in [2.45, 2.75) is 19.3 Å². The van der Waals surface area contributed by atoms with Crippen LogP contribution in [0.25, 0.3) is 11.4 Å². The molecule has 0 unspecified atom stereocenters. The highest BCUT2D eigenvalue weighted by Gasteiger charge is 2.38. The van der Waals surface area contributed by atoms with E-state index < -0.39 is 5.41 Å². The molecule has 2 aliphatic heterocycles. The van der Waals surface area contributed by atoms with E-state index in [1.54, 1.807) is 24.5 Å². The summed E-state index contributed by atoms with van der Waals surface area (Å²) in [6.45, 7) is 6.30. The minimum atomic E-state index is -0.669. The molecule has 5 rings (SSSR count). The number of carbonyl (C=O) groups is 2. The number of fused-ring (bicyclic) bond motifs is 1. The monoisotopic (exact) mass is 444 g/mol. The lowest BCUT2D eigenvalue weighted by molar-refractivity contribution is -0.119. The van der Waals surface area contributed by atoms with Gasteiger partial charge in [0, 0.05) is 36.9 Å². The van der Waals surface area contributed by atoms with Gasteiger partial charge in [-0.05, 0) is 49.7 Å². The molecule has 0 spiro atoms. The fraction of sp³-hybridized carbons (Fsp3) is 0.292. The molecule has 1 aromatic carbocycles. The molecule has 2 N–H and O–H groups in total. The van der Waals surface area contributed by atoms with Gasteiger partial charge in [-0.25, -0.2) is 9.97 Å². The average Bonchev–Trinajstić information content (AvgIpc) is 3.07. The molecular formula is C24H24N6O3. The number of hydrogen-bond acceptors (Lipinski definition) is 7. The molecule has 0 saturated carbocycles. The second-order valence-electron chi connectivity index (χ2n) is 8.54. The normalized spacial score (nSPS) is 16.8. The van der Waals surface area contributed by atoms with Gasteiger partial charge in [0.15, 0.2) is 0 Å². The van der Waals surface area contributed by atoms with Gasteiger partial charge in [0.2, 0.25) is 11.9 Å². The fourth-order valence-electron chi connectivity index (χ4n) is 4.00. The van der Waals surface area contributed by atoms with Crippen molar-refractivity contribution in [1.29, 1.82) is 0 Å². The number of amides is 2. The number of nitrogens with zero attached hydrogens (tertiary/aromatic N) is 4. The number of ether oxygens (including phenoxy) is 1. The van der Waals surface area contributed by atoms with Crippen LogP contribution in [-0.4, -0.2) is 53.1 Å². The number of rotatable bonds is 4. The molecule has 3 aromatic rings. The van der Waals surface area contributed by atoms with Crippen LogP contribution < -0.4 is 15.5 Å². The Morgan fingerprint density at radius 3 is 2.73 bits per heavy atom. The number of pyridine rings is 1. The van der Waals surface area contributed by atoms with Crippen molar-refractivity contribution in [3.63, 3.8) is 0 Å². The molecule has 0 aliphatic carbocycles. The predicted octanol–water partition coefficient (Wildman–Crippen LogP) is 2.86. The summed E-state index contributed by atoms with van der Waals surface area (Å²) >= 11 is 0. The minimum absolute atomic E-state index is 0.0643. The van der Waals surface area contributed by atoms with E-state index in [1.807, 2.05) is 43.0 Å². The zero-order valence-electron chi connectivity index (χ0n) is 18.5. The number of morpholine rings is 1. The van der Waals surface area contributed by atoms with E-state index in [2.05, 4.69) is 20.6 Å². The SMILES string of the molecule is CC1(C)C(=O)Nc2ccc(NC(=O)c3cnc(N4CCOCC4)nc3-c3ccccn3)cc21. The van der Waals surface area contributed by atoms with E-state index in [0.717, 1.165) is 11.3 Å². The highest BCUT2D eigenvalue weighted by Crippen LogP contribution is 2.38. The summed E-state index contributed by atoms with van der Waals surface area (Å²) in [5.74, 6) is 0.129. The number of benzene rings is 1. The lowest BCUT2D eigenvalue weighted by Gasteiger charge is -2.27. The minimum Gasteiger partial charge on any atom is -0.378 e. The zero-order chi connectivity index (χ0) is 23.0. The van der Waals surface area contributed by atoms with Crippen molar-refractivity contribution in [3.8, 4) is 11.4 Å². The Hall–Kier alpha value is -3.85. The number of carbonyl (C=O) groups excluding carboxylic acids is 2. The maximum Gasteiger partial charge on any atom is 0.259 e. The predicted molar refractivity (Wildman–Crippen MR) is 124 cm³/mol. The van der Waals surface area contributed by atoms with Gasteiger partial charge in [-0.3, -0.25) is 14.6 Å². The first kappa shape index (κ1) is 21.0. The molecule has 0 bridgehead atoms. The van der Waals surface area contributed by atoms with Gasteiger partial charge >= 0.3 is 0 Å². The first-order valence-corrected chi connectivity index (χ1v) is 10.8. The van der Waals surface area contributed by atoms with Gasteiger partial charge in [-0.15, -0.1) is 0 Å². The van der Waals surface area contributed by atoms with Crippen LogP contribution in [0.5, 0.6) is 0 Å². The Bertz CT molecular complexity index is 1220. The third kappa shape index (κ3) is 3.91. The van der Waals surface area contributed by atoms with Gasteiger partial charge in [0.05, 0.1) is 29.9 Å². The Morgan fingerprint density at radius 2 is 1.97 bits per heavy atom. The summed E-state index contributed by atoms with van der Waals surface area (Å²) in [5, 5.41) is 5.80. The standard InChI is InChI=1S/C24H24N6O3/c1-24(2)17-13-15(6-7-18(17)28-22(24)32)27-21(31)16-14-26-23(30-9-11-33-12-10-30)29-20(16)19-5-3-4-8-25-19/h3-8,13-14H,9-12H2,1-2H3,(H,27,31)(H,28,32). The van der Waals surface area contributed by atoms with Gasteiger partial charge in [0.25, 0.3) is 5.91 Å². The second kappa shape index (κ2) is 8.25. The average molecular weight is 444 g/mol. The van der Waals surface area contributed by atoms with E-state index in [1.165, 1.54) is 0 Å². The Labute approximate surface area is 191 Å². The highest BCUT2D eigenvalue weighted by molar-refractivity contribution is 6.09. The molecule has 4 heterocycles. The third-order valence-electron chi connectivity index (χ3n) is 5.99. The molecule has 0 atom stereocenters. The van der Waals surface area contributed by atoms with E-state index in [-0.39, 0.29) is 11.8 Å². The third-order valence-corrected chi connectivity index (χ3v) is 5.99. The van der Waals surface area contributed by atoms with Crippen molar-refractivity contribution in [3.05, 3.63) is 59.9 Å². The summed E-state index contributed by atoms with van der Waals surface area (Å²) < 4.78 is 5.42. The van der Waals surface area contributed by atoms with E-state index in [4.69, 9.17) is 9.72 Å². The van der Waals surface area contributed by atoms with Gasteiger partial charge in [-0.2, -0.15) is 0 Å². The van der Waals surface area contributed by atoms with Crippen molar-refractivity contribution in [2.24, 2.45) is 0 Å². The molecule has 2 aliphatic rings. The number of hydrogen-bond donors (Lipinski definition) is 2. The fourth-order valence-corrected chi connectivity index (χ4v) is 4.00. The van der Waals surface area contributed by atoms with Crippen molar-refractivity contribution in [2.75, 3.05) is 41.8 Å². The molecule has 2 amide bonds. The first-order chi connectivity index (χ1) is 15.9. The van der Waals surface area contributed by atoms with Crippen LogP contribution in [0.3, 0.4) is 0 Å². The Morgan fingerprint density at radius 1 is 1.15 bits per heavy atom. The molecule has 0 radical (unpaired) electrons. The highest BCUT2D eigenvalue weighted by atomic mass is 16.5. The van der Waals surface area contributed by atoms with Crippen LogP contribution in [0.4, 0.5) is 17.3 Å². The Balaban J connectivity index is 1.48. The van der Waals surface area contributed by atoms with E-state index >= 15 is 0 Å². The molecule has 9 nitrogen and oxygen atoms in total. The van der Waals surface area contributed by atoms with Crippen LogP contribution in [0.1, 0.15) is 29.8 Å². The number of aromatic nitrogens is 3. The van der Waals surface area contributed by atoms with Crippen molar-refractivity contribution >= 4 is 29.1 Å². The second-order valence-corrected chi connectivity index (χ2v) is 8.54. The van der Waals surface area contributed by atoms with Crippen LogP contribution in [-0.2, 0) is 14.9 Å². The summed E-state index contributed by atoms with van der Waals surface area (Å²) in [7, 11) is 0. The van der Waals surface area contributed by atoms with Crippen LogP contribution in [0.15, 0.2) is 48.8 Å². The largest absolute Gasteiger partial charge is 0.378 e. The van der Waals surface area contributed by atoms with E-state index in [0.29, 0.717) is 54.9 Å². The van der Waals surface area contributed by atoms with Gasteiger partial charge < -0.3 is 20.3 Å². The van der Waals surface area contributed by atoms with Crippen molar-refractivity contribution < 1.29 is 14.3 Å². The molecule has 33 heavy (non-hydrogen) atoms. The van der Waals surface area contributed by atoms with Crippen LogP contribution >= 0.6 is 0 Å². The number of anilines is 3.